The van der Waals surface area contributed by atoms with Crippen molar-refractivity contribution in [2.75, 3.05) is 7.05 Å². The lowest BCUT2D eigenvalue weighted by atomic mass is 9.93. The topological polar surface area (TPSA) is 62.2 Å². The molecule has 0 unspecified atom stereocenters. The fourth-order valence-corrected chi connectivity index (χ4v) is 2.75. The Labute approximate surface area is 135 Å². The van der Waals surface area contributed by atoms with Crippen molar-refractivity contribution in [3.8, 4) is 0 Å². The van der Waals surface area contributed by atoms with Gasteiger partial charge in [0.1, 0.15) is 5.01 Å². The monoisotopic (exact) mass is 317 g/mol. The van der Waals surface area contributed by atoms with Gasteiger partial charge in [-0.2, -0.15) is 0 Å². The van der Waals surface area contributed by atoms with Crippen LogP contribution in [0.4, 0.5) is 0 Å². The number of hydrogen-bond acceptors (Lipinski definition) is 4. The molecular formula is C16H23N5S. The minimum atomic E-state index is 0.0909. The van der Waals surface area contributed by atoms with Gasteiger partial charge in [0.05, 0.1) is 24.5 Å². The van der Waals surface area contributed by atoms with Crippen LogP contribution in [-0.2, 0) is 18.5 Å². The molecule has 0 amide bonds. The maximum absolute atomic E-state index is 4.67. The molecule has 2 aromatic rings. The maximum atomic E-state index is 4.67. The first-order chi connectivity index (χ1) is 10.5. The highest BCUT2D eigenvalue weighted by Gasteiger charge is 2.17. The van der Waals surface area contributed by atoms with Gasteiger partial charge in [0, 0.05) is 24.0 Å². The number of aliphatic imine (C=N–C) groups is 1. The third kappa shape index (κ3) is 4.80. The summed E-state index contributed by atoms with van der Waals surface area (Å²) in [6.45, 7) is 7.83. The van der Waals surface area contributed by atoms with E-state index in [4.69, 9.17) is 0 Å². The van der Waals surface area contributed by atoms with Gasteiger partial charge in [0.2, 0.25) is 0 Å². The van der Waals surface area contributed by atoms with Gasteiger partial charge in [-0.25, -0.2) is 4.98 Å². The van der Waals surface area contributed by atoms with Crippen molar-refractivity contribution in [1.29, 1.82) is 0 Å². The van der Waals surface area contributed by atoms with E-state index in [0.29, 0.717) is 13.1 Å². The molecule has 0 aliphatic rings. The van der Waals surface area contributed by atoms with E-state index < -0.39 is 0 Å². The summed E-state index contributed by atoms with van der Waals surface area (Å²) in [4.78, 5) is 13.2. The van der Waals surface area contributed by atoms with Gasteiger partial charge >= 0.3 is 0 Å². The number of pyridine rings is 1. The molecule has 0 atom stereocenters. The number of nitrogens with one attached hydrogen (secondary N) is 2. The zero-order chi connectivity index (χ0) is 16.0. The van der Waals surface area contributed by atoms with Gasteiger partial charge < -0.3 is 10.6 Å². The molecule has 22 heavy (non-hydrogen) atoms. The molecule has 0 spiro atoms. The number of thiazole rings is 1. The van der Waals surface area contributed by atoms with Gasteiger partial charge in [0.15, 0.2) is 5.96 Å². The molecule has 0 saturated carbocycles. The van der Waals surface area contributed by atoms with Gasteiger partial charge in [-0.15, -0.1) is 11.3 Å². The second-order valence-corrected chi connectivity index (χ2v) is 6.92. The second-order valence-electron chi connectivity index (χ2n) is 5.98. The zero-order valence-corrected chi connectivity index (χ0v) is 14.4. The largest absolute Gasteiger partial charge is 0.351 e. The van der Waals surface area contributed by atoms with Crippen LogP contribution in [0, 0.1) is 0 Å². The Bertz CT molecular complexity index is 613. The van der Waals surface area contributed by atoms with E-state index in [9.17, 15) is 0 Å². The minimum absolute atomic E-state index is 0.0909. The van der Waals surface area contributed by atoms with E-state index in [-0.39, 0.29) is 5.41 Å². The Morgan fingerprint density at radius 2 is 2.00 bits per heavy atom. The highest BCUT2D eigenvalue weighted by atomic mass is 32.1. The smallest absolute Gasteiger partial charge is 0.191 e. The number of guanidine groups is 1. The van der Waals surface area contributed by atoms with Crippen molar-refractivity contribution in [2.24, 2.45) is 4.99 Å². The van der Waals surface area contributed by atoms with E-state index in [1.165, 1.54) is 0 Å². The fourth-order valence-electron chi connectivity index (χ4n) is 1.79. The van der Waals surface area contributed by atoms with Crippen molar-refractivity contribution < 1.29 is 0 Å². The Kier molecular flexibility index (Phi) is 5.49. The van der Waals surface area contributed by atoms with Crippen molar-refractivity contribution >= 4 is 17.3 Å². The van der Waals surface area contributed by atoms with Gasteiger partial charge in [0.25, 0.3) is 0 Å². The van der Waals surface area contributed by atoms with Crippen LogP contribution in [0.2, 0.25) is 0 Å². The number of hydrogen-bond donors (Lipinski definition) is 2. The zero-order valence-electron chi connectivity index (χ0n) is 13.6. The predicted molar refractivity (Wildman–Crippen MR) is 92.1 cm³/mol. The van der Waals surface area contributed by atoms with Crippen LogP contribution in [0.3, 0.4) is 0 Å². The minimum Gasteiger partial charge on any atom is -0.351 e. The lowest BCUT2D eigenvalue weighted by Crippen LogP contribution is -2.36. The van der Waals surface area contributed by atoms with Crippen molar-refractivity contribution in [2.45, 2.75) is 39.3 Å². The van der Waals surface area contributed by atoms with Crippen molar-refractivity contribution in [3.05, 3.63) is 46.2 Å². The van der Waals surface area contributed by atoms with E-state index in [0.717, 1.165) is 22.4 Å². The summed E-state index contributed by atoms with van der Waals surface area (Å²) in [5, 5.41) is 9.71. The summed E-state index contributed by atoms with van der Waals surface area (Å²) < 4.78 is 0. The molecule has 0 fully saturated rings. The summed E-state index contributed by atoms with van der Waals surface area (Å²) >= 11 is 1.67. The molecule has 2 rings (SSSR count). The molecule has 118 valence electrons. The molecule has 0 radical (unpaired) electrons. The summed E-state index contributed by atoms with van der Waals surface area (Å²) in [6, 6.07) is 5.87. The summed E-state index contributed by atoms with van der Waals surface area (Å²) in [5.41, 5.74) is 2.20. The molecule has 5 nitrogen and oxygen atoms in total. The number of nitrogens with zero attached hydrogens (tertiary/aromatic N) is 3. The van der Waals surface area contributed by atoms with E-state index in [2.05, 4.69) is 51.7 Å². The number of rotatable bonds is 4. The molecule has 0 bridgehead atoms. The molecule has 6 heteroatoms. The lowest BCUT2D eigenvalue weighted by molar-refractivity contribution is 0.570. The third-order valence-corrected chi connectivity index (χ3v) is 3.96. The standard InChI is InChI=1S/C16H23N5S/c1-16(2,3)13-11-22-14(21-13)10-20-15(17-4)19-9-12-7-5-6-8-18-12/h5-8,11H,9-10H2,1-4H3,(H2,17,19,20). The Balaban J connectivity index is 1.85. The van der Waals surface area contributed by atoms with Crippen LogP contribution in [0.1, 0.15) is 37.2 Å². The average Bonchev–Trinajstić information content (AvgIpc) is 2.97. The first-order valence-electron chi connectivity index (χ1n) is 7.28. The van der Waals surface area contributed by atoms with Gasteiger partial charge in [-0.3, -0.25) is 9.98 Å². The van der Waals surface area contributed by atoms with Crippen LogP contribution in [0.25, 0.3) is 0 Å². The number of aromatic nitrogens is 2. The van der Waals surface area contributed by atoms with E-state index >= 15 is 0 Å². The molecule has 2 heterocycles. The predicted octanol–water partition coefficient (Wildman–Crippen LogP) is 2.70. The SMILES string of the molecule is CN=C(NCc1ccccn1)NCc1nc(C(C)(C)C)cs1. The second kappa shape index (κ2) is 7.35. The van der Waals surface area contributed by atoms with Gasteiger partial charge in [-0.05, 0) is 12.1 Å². The molecule has 0 saturated heterocycles. The third-order valence-electron chi connectivity index (χ3n) is 3.11. The quantitative estimate of drug-likeness (QED) is 0.672. The Morgan fingerprint density at radius 3 is 2.59 bits per heavy atom. The van der Waals surface area contributed by atoms with E-state index in [1.807, 2.05) is 18.2 Å². The van der Waals surface area contributed by atoms with Crippen molar-refractivity contribution in [3.63, 3.8) is 0 Å². The van der Waals surface area contributed by atoms with Crippen LogP contribution in [-0.4, -0.2) is 23.0 Å². The fraction of sp³-hybridized carbons (Fsp3) is 0.438. The highest BCUT2D eigenvalue weighted by molar-refractivity contribution is 7.09. The maximum Gasteiger partial charge on any atom is 0.191 e. The molecule has 2 aromatic heterocycles. The summed E-state index contributed by atoms with van der Waals surface area (Å²) in [6.07, 6.45) is 1.79. The van der Waals surface area contributed by atoms with E-state index in [1.54, 1.807) is 24.6 Å². The van der Waals surface area contributed by atoms with Crippen LogP contribution < -0.4 is 10.6 Å². The summed E-state index contributed by atoms with van der Waals surface area (Å²) in [5.74, 6) is 0.748. The Morgan fingerprint density at radius 1 is 1.23 bits per heavy atom. The molecule has 0 aliphatic heterocycles. The summed E-state index contributed by atoms with van der Waals surface area (Å²) in [7, 11) is 1.76. The van der Waals surface area contributed by atoms with Crippen LogP contribution >= 0.6 is 11.3 Å². The normalized spacial score (nSPS) is 12.3. The molecule has 2 N–H and O–H groups in total. The Hall–Kier alpha value is -1.95. The first kappa shape index (κ1) is 16.4. The average molecular weight is 317 g/mol. The van der Waals surface area contributed by atoms with Crippen molar-refractivity contribution in [1.82, 2.24) is 20.6 Å². The molecule has 0 aromatic carbocycles. The van der Waals surface area contributed by atoms with Crippen LogP contribution in [0.15, 0.2) is 34.8 Å². The highest BCUT2D eigenvalue weighted by Crippen LogP contribution is 2.23. The van der Waals surface area contributed by atoms with Gasteiger partial charge in [-0.1, -0.05) is 26.8 Å². The molecular weight excluding hydrogens is 294 g/mol. The first-order valence-corrected chi connectivity index (χ1v) is 8.16. The molecule has 0 aliphatic carbocycles. The van der Waals surface area contributed by atoms with Crippen LogP contribution in [0.5, 0.6) is 0 Å². The lowest BCUT2D eigenvalue weighted by Gasteiger charge is -2.14.